The molecule has 8 nitrogen and oxygen atoms in total. The number of aliphatic hydroxyl groups excluding tert-OH is 2. The average molecular weight is 477 g/mol. The van der Waals surface area contributed by atoms with Gasteiger partial charge >= 0.3 is 11.9 Å². The SMILES string of the molecule is CCCC(=O)O[C@@]12C[C@@H](C)[C@]34C=C(C)[C@H](OC(C)=O)[C@@]3(O)[C@H](O)C(CO)=C[C@H](C4=O)[C@@H]1C2(C)C. The van der Waals surface area contributed by atoms with E-state index >= 15 is 0 Å². The van der Waals surface area contributed by atoms with Crippen molar-refractivity contribution in [3.05, 3.63) is 23.3 Å². The first-order chi connectivity index (χ1) is 15.8. The standard InChI is InChI=1S/C26H36O8/c1-7-8-18(29)34-25-11-14(3)24-10-13(2)22(33-15(4)28)26(24,32)20(30)16(12-27)9-17(21(24)31)19(25)23(25,5)6/h9-10,14,17,19-20,22,27,30,32H,7-8,11-12H2,1-6H3/t14-,17+,19-,20-,22+,24+,25+,26+/m1/s1. The molecular formula is C26H36O8. The highest BCUT2D eigenvalue weighted by atomic mass is 16.6. The lowest BCUT2D eigenvalue weighted by molar-refractivity contribution is -0.203. The summed E-state index contributed by atoms with van der Waals surface area (Å²) >= 11 is 0. The lowest BCUT2D eigenvalue weighted by Crippen LogP contribution is -2.66. The van der Waals surface area contributed by atoms with Gasteiger partial charge in [-0.3, -0.25) is 14.4 Å². The summed E-state index contributed by atoms with van der Waals surface area (Å²) in [5.41, 5.74) is -4.70. The number of hydrogen-bond donors (Lipinski definition) is 3. The van der Waals surface area contributed by atoms with E-state index in [0.29, 0.717) is 18.4 Å². The summed E-state index contributed by atoms with van der Waals surface area (Å²) in [6, 6.07) is 0. The molecular weight excluding hydrogens is 440 g/mol. The topological polar surface area (TPSA) is 130 Å². The lowest BCUT2D eigenvalue weighted by atomic mass is 9.59. The normalized spacial score (nSPS) is 44.0. The fourth-order valence-electron chi connectivity index (χ4n) is 7.52. The Bertz CT molecular complexity index is 995. The number of Topliss-reactive ketones (excluding diaryl/α,β-unsaturated/α-hetero) is 1. The van der Waals surface area contributed by atoms with Crippen LogP contribution in [-0.2, 0) is 23.9 Å². The third kappa shape index (κ3) is 2.85. The van der Waals surface area contributed by atoms with Gasteiger partial charge < -0.3 is 24.8 Å². The zero-order valence-electron chi connectivity index (χ0n) is 20.8. The maximum atomic E-state index is 14.4. The second-order valence-corrected chi connectivity index (χ2v) is 11.2. The van der Waals surface area contributed by atoms with Crippen LogP contribution in [0.1, 0.15) is 60.8 Å². The molecule has 0 aromatic heterocycles. The Morgan fingerprint density at radius 3 is 2.47 bits per heavy atom. The van der Waals surface area contributed by atoms with Crippen molar-refractivity contribution in [2.45, 2.75) is 84.2 Å². The molecule has 0 unspecified atom stereocenters. The fraction of sp³-hybridized carbons (Fsp3) is 0.731. The Balaban J connectivity index is 1.94. The molecule has 8 atom stereocenters. The lowest BCUT2D eigenvalue weighted by Gasteiger charge is -2.49. The van der Waals surface area contributed by atoms with Crippen LogP contribution in [0, 0.1) is 28.6 Å². The molecule has 2 fully saturated rings. The first-order valence-electron chi connectivity index (χ1n) is 12.1. The van der Waals surface area contributed by atoms with E-state index in [1.54, 1.807) is 19.1 Å². The molecule has 8 heteroatoms. The van der Waals surface area contributed by atoms with E-state index < -0.39 is 58.7 Å². The molecule has 188 valence electrons. The molecule has 0 aromatic rings. The highest BCUT2D eigenvalue weighted by Gasteiger charge is 2.83. The third-order valence-electron chi connectivity index (χ3n) is 9.05. The summed E-state index contributed by atoms with van der Waals surface area (Å²) in [4.78, 5) is 39.0. The van der Waals surface area contributed by atoms with Crippen LogP contribution < -0.4 is 0 Å². The van der Waals surface area contributed by atoms with Crippen LogP contribution in [0.2, 0.25) is 0 Å². The third-order valence-corrected chi connectivity index (χ3v) is 9.05. The smallest absolute Gasteiger partial charge is 0.306 e. The Hall–Kier alpha value is -2.03. The van der Waals surface area contributed by atoms with Crippen LogP contribution in [0.5, 0.6) is 0 Å². The number of carbonyl (C=O) groups excluding carboxylic acids is 3. The van der Waals surface area contributed by atoms with E-state index in [2.05, 4.69) is 0 Å². The number of hydrogen-bond acceptors (Lipinski definition) is 8. The predicted molar refractivity (Wildman–Crippen MR) is 121 cm³/mol. The first kappa shape index (κ1) is 25.1. The molecule has 2 bridgehead atoms. The van der Waals surface area contributed by atoms with Gasteiger partial charge in [0, 0.05) is 30.6 Å². The highest BCUT2D eigenvalue weighted by molar-refractivity contribution is 5.96. The number of fused-ring (bicyclic) bond motifs is 3. The van der Waals surface area contributed by atoms with Crippen LogP contribution in [0.4, 0.5) is 0 Å². The first-order valence-corrected chi connectivity index (χ1v) is 12.1. The second-order valence-electron chi connectivity index (χ2n) is 11.2. The van der Waals surface area contributed by atoms with Crippen molar-refractivity contribution in [2.24, 2.45) is 28.6 Å². The van der Waals surface area contributed by atoms with Gasteiger partial charge in [-0.15, -0.1) is 0 Å². The van der Waals surface area contributed by atoms with Gasteiger partial charge in [0.2, 0.25) is 0 Å². The van der Waals surface area contributed by atoms with Crippen LogP contribution >= 0.6 is 0 Å². The second kappa shape index (κ2) is 7.73. The van der Waals surface area contributed by atoms with Crippen molar-refractivity contribution >= 4 is 17.7 Å². The molecule has 4 aliphatic carbocycles. The number of esters is 2. The van der Waals surface area contributed by atoms with Gasteiger partial charge in [0.15, 0.2) is 17.5 Å². The Kier molecular flexibility index (Phi) is 5.70. The van der Waals surface area contributed by atoms with Crippen LogP contribution in [-0.4, -0.2) is 63.1 Å². The van der Waals surface area contributed by atoms with Crippen molar-refractivity contribution in [3.63, 3.8) is 0 Å². The molecule has 0 radical (unpaired) electrons. The molecule has 0 amide bonds. The van der Waals surface area contributed by atoms with Gasteiger partial charge in [-0.2, -0.15) is 0 Å². The van der Waals surface area contributed by atoms with E-state index in [0.717, 1.165) is 0 Å². The number of carbonyl (C=O) groups is 3. The minimum absolute atomic E-state index is 0.0913. The summed E-state index contributed by atoms with van der Waals surface area (Å²) in [7, 11) is 0. The zero-order chi connectivity index (χ0) is 25.4. The maximum Gasteiger partial charge on any atom is 0.306 e. The van der Waals surface area contributed by atoms with E-state index in [4.69, 9.17) is 9.47 Å². The minimum Gasteiger partial charge on any atom is -0.458 e. The Morgan fingerprint density at radius 1 is 1.26 bits per heavy atom. The van der Waals surface area contributed by atoms with Gasteiger partial charge in [-0.05, 0) is 36.8 Å². The van der Waals surface area contributed by atoms with Crippen molar-refractivity contribution in [1.82, 2.24) is 0 Å². The van der Waals surface area contributed by atoms with E-state index in [1.165, 1.54) is 6.92 Å². The van der Waals surface area contributed by atoms with Gasteiger partial charge in [0.1, 0.15) is 11.7 Å². The Morgan fingerprint density at radius 2 is 1.91 bits per heavy atom. The number of allylic oxidation sites excluding steroid dienone is 1. The molecule has 0 saturated heterocycles. The van der Waals surface area contributed by atoms with E-state index in [9.17, 15) is 29.7 Å². The predicted octanol–water partition coefficient (Wildman–Crippen LogP) is 1.85. The molecule has 0 heterocycles. The molecule has 4 rings (SSSR count). The summed E-state index contributed by atoms with van der Waals surface area (Å²) in [5, 5.41) is 33.8. The van der Waals surface area contributed by atoms with Crippen LogP contribution in [0.3, 0.4) is 0 Å². The Labute approximate surface area is 200 Å². The van der Waals surface area contributed by atoms with Crippen molar-refractivity contribution in [2.75, 3.05) is 6.61 Å². The summed E-state index contributed by atoms with van der Waals surface area (Å²) < 4.78 is 11.6. The number of ether oxygens (including phenoxy) is 2. The molecule has 1 spiro atoms. The summed E-state index contributed by atoms with van der Waals surface area (Å²) in [5.74, 6) is -3.06. The molecule has 3 N–H and O–H groups in total. The highest BCUT2D eigenvalue weighted by Crippen LogP contribution is 2.75. The quantitative estimate of drug-likeness (QED) is 0.405. The fourth-order valence-corrected chi connectivity index (χ4v) is 7.52. The van der Waals surface area contributed by atoms with Crippen LogP contribution in [0.15, 0.2) is 23.3 Å². The van der Waals surface area contributed by atoms with Gasteiger partial charge in [-0.25, -0.2) is 0 Å². The maximum absolute atomic E-state index is 14.4. The van der Waals surface area contributed by atoms with Gasteiger partial charge in [0.25, 0.3) is 0 Å². The summed E-state index contributed by atoms with van der Waals surface area (Å²) in [6.07, 6.45) is 1.47. The summed E-state index contributed by atoms with van der Waals surface area (Å²) in [6.45, 7) is 9.91. The van der Waals surface area contributed by atoms with E-state index in [-0.39, 0.29) is 29.7 Å². The molecule has 2 saturated carbocycles. The minimum atomic E-state index is -2.21. The monoisotopic (exact) mass is 476 g/mol. The van der Waals surface area contributed by atoms with Crippen LogP contribution in [0.25, 0.3) is 0 Å². The van der Waals surface area contributed by atoms with Crippen molar-refractivity contribution in [3.8, 4) is 0 Å². The van der Waals surface area contributed by atoms with Gasteiger partial charge in [0.05, 0.1) is 12.0 Å². The molecule has 4 aliphatic rings. The number of aliphatic hydroxyl groups is 3. The van der Waals surface area contributed by atoms with Crippen molar-refractivity contribution < 1.29 is 39.2 Å². The molecule has 0 aliphatic heterocycles. The average Bonchev–Trinajstić information content (AvgIpc) is 3.14. The number of rotatable bonds is 5. The number of ketones is 1. The van der Waals surface area contributed by atoms with Crippen molar-refractivity contribution in [1.29, 1.82) is 0 Å². The van der Waals surface area contributed by atoms with E-state index in [1.807, 2.05) is 27.7 Å². The zero-order valence-corrected chi connectivity index (χ0v) is 20.8. The molecule has 0 aromatic carbocycles. The largest absolute Gasteiger partial charge is 0.458 e. The molecule has 34 heavy (non-hydrogen) atoms. The van der Waals surface area contributed by atoms with Gasteiger partial charge in [-0.1, -0.05) is 39.8 Å².